The van der Waals surface area contributed by atoms with Crippen LogP contribution in [-0.2, 0) is 0 Å². The molecular weight excluding hydrogens is 398 g/mol. The predicted octanol–water partition coefficient (Wildman–Crippen LogP) is 3.26. The number of fused-ring (bicyclic) bond motifs is 1. The lowest BCUT2D eigenvalue weighted by Crippen LogP contribution is -2.25. The van der Waals surface area contributed by atoms with Crippen molar-refractivity contribution >= 4 is 29.1 Å². The zero-order chi connectivity index (χ0) is 20.5. The van der Waals surface area contributed by atoms with Gasteiger partial charge in [-0.25, -0.2) is 15.0 Å². The van der Waals surface area contributed by atoms with E-state index in [1.54, 1.807) is 6.33 Å². The highest BCUT2D eigenvalue weighted by Crippen LogP contribution is 2.33. The fourth-order valence-corrected chi connectivity index (χ4v) is 4.32. The molecule has 2 N–H and O–H groups in total. The Hall–Kier alpha value is -3.58. The highest BCUT2D eigenvalue weighted by atomic mass is 32.1. The molecule has 1 aliphatic heterocycles. The van der Waals surface area contributed by atoms with Gasteiger partial charge in [-0.05, 0) is 30.8 Å². The molecule has 150 valence electrons. The maximum atomic E-state index is 9.46. The maximum Gasteiger partial charge on any atom is 0.198 e. The van der Waals surface area contributed by atoms with E-state index < -0.39 is 0 Å². The number of H-pyrrole nitrogens is 2. The van der Waals surface area contributed by atoms with Crippen LogP contribution >= 0.6 is 12.2 Å². The molecule has 0 amide bonds. The molecule has 1 saturated heterocycles. The molecule has 0 aliphatic carbocycles. The topological polar surface area (TPSA) is 115 Å². The first-order valence-electron chi connectivity index (χ1n) is 9.73. The van der Waals surface area contributed by atoms with E-state index in [0.29, 0.717) is 11.2 Å². The highest BCUT2D eigenvalue weighted by Gasteiger charge is 2.32. The Morgan fingerprint density at radius 3 is 3.03 bits per heavy atom. The fraction of sp³-hybridized carbons (Fsp3) is 0.300. The Morgan fingerprint density at radius 2 is 2.17 bits per heavy atom. The predicted molar refractivity (Wildman–Crippen MR) is 114 cm³/mol. The number of nitriles is 1. The van der Waals surface area contributed by atoms with Crippen LogP contribution in [0.3, 0.4) is 0 Å². The van der Waals surface area contributed by atoms with Crippen LogP contribution in [0, 0.1) is 22.0 Å². The molecule has 30 heavy (non-hydrogen) atoms. The molecule has 4 aromatic rings. The molecule has 2 unspecified atom stereocenters. The SMILES string of the molecule is N#CCC(C1CCN(c2cc[nH]c(=S)n2)C1)n1cc(-c2ncnc3[nH]ccc23)cn1. The summed E-state index contributed by atoms with van der Waals surface area (Å²) in [5.41, 5.74) is 2.54. The summed E-state index contributed by atoms with van der Waals surface area (Å²) in [7, 11) is 0. The van der Waals surface area contributed by atoms with Crippen LogP contribution in [0.15, 0.2) is 43.2 Å². The second kappa shape index (κ2) is 7.68. The van der Waals surface area contributed by atoms with Crippen molar-refractivity contribution < 1.29 is 0 Å². The van der Waals surface area contributed by atoms with E-state index in [1.165, 1.54) is 0 Å². The van der Waals surface area contributed by atoms with Crippen molar-refractivity contribution in [1.29, 1.82) is 5.26 Å². The molecule has 1 aliphatic rings. The molecule has 9 nitrogen and oxygen atoms in total. The summed E-state index contributed by atoms with van der Waals surface area (Å²) in [6.45, 7) is 1.69. The van der Waals surface area contributed by atoms with Crippen molar-refractivity contribution in [3.05, 3.63) is 48.0 Å². The first-order chi connectivity index (χ1) is 14.7. The number of aromatic nitrogens is 7. The van der Waals surface area contributed by atoms with Gasteiger partial charge in [-0.1, -0.05) is 0 Å². The largest absolute Gasteiger partial charge is 0.356 e. The van der Waals surface area contributed by atoms with E-state index >= 15 is 0 Å². The summed E-state index contributed by atoms with van der Waals surface area (Å²) in [4.78, 5) is 21.3. The third-order valence-electron chi connectivity index (χ3n) is 5.62. The van der Waals surface area contributed by atoms with E-state index in [-0.39, 0.29) is 12.0 Å². The molecule has 0 bridgehead atoms. The highest BCUT2D eigenvalue weighted by molar-refractivity contribution is 7.71. The summed E-state index contributed by atoms with van der Waals surface area (Å²) >= 11 is 5.15. The minimum atomic E-state index is -0.0180. The Morgan fingerprint density at radius 1 is 1.27 bits per heavy atom. The maximum absolute atomic E-state index is 9.46. The van der Waals surface area contributed by atoms with Crippen LogP contribution in [0.5, 0.6) is 0 Å². The van der Waals surface area contributed by atoms with Crippen LogP contribution < -0.4 is 4.90 Å². The van der Waals surface area contributed by atoms with Crippen molar-refractivity contribution in [2.24, 2.45) is 5.92 Å². The third-order valence-corrected chi connectivity index (χ3v) is 5.83. The standard InChI is InChI=1S/C20H19N9S/c21-5-1-16(13-4-8-28(10-13)17-3-7-23-20(30)27-17)29-11-14(9-26-29)18-15-2-6-22-19(15)25-12-24-18/h2-3,6-7,9,11-13,16H,1,4,8,10H2,(H,22,24,25)(H,23,27,30). The van der Waals surface area contributed by atoms with Crippen molar-refractivity contribution in [2.75, 3.05) is 18.0 Å². The van der Waals surface area contributed by atoms with E-state index in [4.69, 9.17) is 12.2 Å². The van der Waals surface area contributed by atoms with Gasteiger partial charge in [-0.2, -0.15) is 10.4 Å². The summed E-state index contributed by atoms with van der Waals surface area (Å²) < 4.78 is 2.39. The number of hydrogen-bond donors (Lipinski definition) is 2. The number of aromatic amines is 2. The minimum Gasteiger partial charge on any atom is -0.356 e. The minimum absolute atomic E-state index is 0.0180. The van der Waals surface area contributed by atoms with Gasteiger partial charge < -0.3 is 14.9 Å². The van der Waals surface area contributed by atoms with Crippen molar-refractivity contribution in [2.45, 2.75) is 18.9 Å². The Balaban J connectivity index is 1.41. The van der Waals surface area contributed by atoms with E-state index in [1.807, 2.05) is 41.6 Å². The summed E-state index contributed by atoms with van der Waals surface area (Å²) in [5.74, 6) is 1.16. The third kappa shape index (κ3) is 3.33. The lowest BCUT2D eigenvalue weighted by Gasteiger charge is -2.23. The van der Waals surface area contributed by atoms with Gasteiger partial charge in [0.2, 0.25) is 0 Å². The van der Waals surface area contributed by atoms with Crippen LogP contribution in [0.4, 0.5) is 5.82 Å². The van der Waals surface area contributed by atoms with E-state index in [0.717, 1.165) is 47.6 Å². The fourth-order valence-electron chi connectivity index (χ4n) is 4.16. The Bertz CT molecular complexity index is 1280. The molecule has 5 rings (SSSR count). The molecule has 0 radical (unpaired) electrons. The lowest BCUT2D eigenvalue weighted by atomic mass is 9.96. The van der Waals surface area contributed by atoms with Crippen LogP contribution in [0.2, 0.25) is 0 Å². The normalized spacial score (nSPS) is 17.3. The van der Waals surface area contributed by atoms with Crippen molar-refractivity contribution in [3.8, 4) is 17.3 Å². The Labute approximate surface area is 177 Å². The molecule has 0 aromatic carbocycles. The molecule has 2 atom stereocenters. The molecule has 1 fully saturated rings. The number of rotatable bonds is 5. The molecule has 0 spiro atoms. The van der Waals surface area contributed by atoms with Gasteiger partial charge in [0.15, 0.2) is 4.77 Å². The smallest absolute Gasteiger partial charge is 0.198 e. The van der Waals surface area contributed by atoms with Gasteiger partial charge in [-0.3, -0.25) is 4.68 Å². The summed E-state index contributed by atoms with van der Waals surface area (Å²) in [6.07, 6.45) is 10.4. The lowest BCUT2D eigenvalue weighted by molar-refractivity contribution is 0.332. The van der Waals surface area contributed by atoms with Crippen LogP contribution in [-0.4, -0.2) is 47.8 Å². The van der Waals surface area contributed by atoms with Crippen LogP contribution in [0.1, 0.15) is 18.9 Å². The zero-order valence-corrected chi connectivity index (χ0v) is 16.9. The van der Waals surface area contributed by atoms with Gasteiger partial charge >= 0.3 is 0 Å². The van der Waals surface area contributed by atoms with Gasteiger partial charge in [0.05, 0.1) is 30.4 Å². The average molecular weight is 418 g/mol. The molecule has 4 aromatic heterocycles. The average Bonchev–Trinajstić information content (AvgIpc) is 3.52. The second-order valence-corrected chi connectivity index (χ2v) is 7.74. The van der Waals surface area contributed by atoms with Gasteiger partial charge in [0, 0.05) is 48.5 Å². The summed E-state index contributed by atoms with van der Waals surface area (Å²) in [5, 5.41) is 15.0. The van der Waals surface area contributed by atoms with Crippen molar-refractivity contribution in [1.82, 2.24) is 34.7 Å². The van der Waals surface area contributed by atoms with E-state index in [9.17, 15) is 5.26 Å². The molecular formula is C20H19N9S. The van der Waals surface area contributed by atoms with E-state index in [2.05, 4.69) is 41.0 Å². The van der Waals surface area contributed by atoms with Crippen LogP contribution in [0.25, 0.3) is 22.3 Å². The zero-order valence-electron chi connectivity index (χ0n) is 16.1. The second-order valence-electron chi connectivity index (χ2n) is 7.35. The van der Waals surface area contributed by atoms with Gasteiger partial charge in [0.1, 0.15) is 17.8 Å². The molecule has 10 heteroatoms. The Kier molecular flexibility index (Phi) is 4.72. The summed E-state index contributed by atoms with van der Waals surface area (Å²) in [6, 6.07) is 6.21. The van der Waals surface area contributed by atoms with Crippen molar-refractivity contribution in [3.63, 3.8) is 0 Å². The quantitative estimate of drug-likeness (QED) is 0.479. The number of hydrogen-bond acceptors (Lipinski definition) is 7. The van der Waals surface area contributed by atoms with Gasteiger partial charge in [-0.15, -0.1) is 0 Å². The number of nitrogens with one attached hydrogen (secondary N) is 2. The number of nitrogens with zero attached hydrogens (tertiary/aromatic N) is 7. The molecule has 5 heterocycles. The monoisotopic (exact) mass is 417 g/mol. The number of anilines is 1. The molecule has 0 saturated carbocycles. The van der Waals surface area contributed by atoms with Gasteiger partial charge in [0.25, 0.3) is 0 Å². The first kappa shape index (κ1) is 18.4. The first-order valence-corrected chi connectivity index (χ1v) is 10.1.